The molecule has 1 aromatic carbocycles. The topological polar surface area (TPSA) is 49.3 Å². The maximum atomic E-state index is 10.9. The molecule has 0 heterocycles. The van der Waals surface area contributed by atoms with Crippen molar-refractivity contribution in [1.82, 2.24) is 0 Å². The van der Waals surface area contributed by atoms with Crippen molar-refractivity contribution in [3.8, 4) is 0 Å². The standard InChI is InChI=1S/C24H41NO2Si/c1-4-5-6-7-18-28(2,3)19-8-9-20-10-14-22(15-11-20)25-23-16-12-21(13-17-23)24(26)27/h12-13,16-17,20,22,25H,4-11,14-15,18-19H2,1-3H3,(H,26,27). The Hall–Kier alpha value is -1.29. The summed E-state index contributed by atoms with van der Waals surface area (Å²) in [5, 5.41) is 12.6. The predicted octanol–water partition coefficient (Wildman–Crippen LogP) is 7.42. The zero-order chi connectivity index (χ0) is 20.4. The fourth-order valence-electron chi connectivity index (χ4n) is 4.56. The third-order valence-electron chi connectivity index (χ3n) is 6.52. The molecule has 0 aromatic heterocycles. The zero-order valence-electron chi connectivity index (χ0n) is 18.3. The average Bonchev–Trinajstić information content (AvgIpc) is 2.67. The van der Waals surface area contributed by atoms with Gasteiger partial charge in [0.1, 0.15) is 0 Å². The van der Waals surface area contributed by atoms with Crippen molar-refractivity contribution in [2.45, 2.75) is 102 Å². The quantitative estimate of drug-likeness (QED) is 0.282. The van der Waals surface area contributed by atoms with Gasteiger partial charge in [0.05, 0.1) is 5.56 Å². The Balaban J connectivity index is 1.62. The first-order valence-corrected chi connectivity index (χ1v) is 14.9. The molecule has 3 nitrogen and oxygen atoms in total. The highest BCUT2D eigenvalue weighted by atomic mass is 28.3. The third-order valence-corrected chi connectivity index (χ3v) is 9.94. The lowest BCUT2D eigenvalue weighted by molar-refractivity contribution is 0.0697. The molecule has 2 N–H and O–H groups in total. The number of carboxylic acids is 1. The number of benzene rings is 1. The Kier molecular flexibility index (Phi) is 9.56. The fraction of sp³-hybridized carbons (Fsp3) is 0.708. The molecule has 1 aromatic rings. The number of hydrogen-bond acceptors (Lipinski definition) is 2. The lowest BCUT2D eigenvalue weighted by Crippen LogP contribution is -2.27. The molecule has 158 valence electrons. The Morgan fingerprint density at radius 1 is 1.00 bits per heavy atom. The Morgan fingerprint density at radius 3 is 2.25 bits per heavy atom. The number of rotatable bonds is 12. The van der Waals surface area contributed by atoms with Crippen LogP contribution < -0.4 is 5.32 Å². The van der Waals surface area contributed by atoms with Gasteiger partial charge in [0.15, 0.2) is 0 Å². The Labute approximate surface area is 173 Å². The van der Waals surface area contributed by atoms with Crippen molar-refractivity contribution < 1.29 is 9.90 Å². The smallest absolute Gasteiger partial charge is 0.335 e. The normalized spacial score (nSPS) is 20.1. The number of aromatic carboxylic acids is 1. The first-order valence-electron chi connectivity index (χ1n) is 11.5. The largest absolute Gasteiger partial charge is 0.478 e. The summed E-state index contributed by atoms with van der Waals surface area (Å²) in [7, 11) is -0.969. The summed E-state index contributed by atoms with van der Waals surface area (Å²) in [5.41, 5.74) is 1.40. The van der Waals surface area contributed by atoms with Crippen LogP contribution >= 0.6 is 0 Å². The van der Waals surface area contributed by atoms with E-state index < -0.39 is 14.0 Å². The van der Waals surface area contributed by atoms with Crippen LogP contribution in [0.15, 0.2) is 24.3 Å². The van der Waals surface area contributed by atoms with Crippen molar-refractivity contribution in [2.24, 2.45) is 5.92 Å². The van der Waals surface area contributed by atoms with Gasteiger partial charge in [-0.2, -0.15) is 0 Å². The second-order valence-electron chi connectivity index (χ2n) is 9.61. The van der Waals surface area contributed by atoms with Gasteiger partial charge in [0.25, 0.3) is 0 Å². The van der Waals surface area contributed by atoms with Crippen LogP contribution in [0.1, 0.15) is 81.5 Å². The second-order valence-corrected chi connectivity index (χ2v) is 14.9. The van der Waals surface area contributed by atoms with Gasteiger partial charge >= 0.3 is 5.97 Å². The highest BCUT2D eigenvalue weighted by Crippen LogP contribution is 2.32. The van der Waals surface area contributed by atoms with Crippen LogP contribution in [0.2, 0.25) is 25.2 Å². The predicted molar refractivity (Wildman–Crippen MR) is 123 cm³/mol. The van der Waals surface area contributed by atoms with Crippen molar-refractivity contribution in [3.05, 3.63) is 29.8 Å². The monoisotopic (exact) mass is 403 g/mol. The van der Waals surface area contributed by atoms with E-state index in [1.165, 1.54) is 76.3 Å². The van der Waals surface area contributed by atoms with Crippen LogP contribution in [0, 0.1) is 5.92 Å². The first-order chi connectivity index (χ1) is 13.4. The molecule has 0 unspecified atom stereocenters. The molecule has 0 amide bonds. The molecule has 0 bridgehead atoms. The van der Waals surface area contributed by atoms with E-state index >= 15 is 0 Å². The number of hydrogen-bond donors (Lipinski definition) is 2. The summed E-state index contributed by atoms with van der Waals surface area (Å²) in [4.78, 5) is 10.9. The summed E-state index contributed by atoms with van der Waals surface area (Å²) < 4.78 is 0. The van der Waals surface area contributed by atoms with Gasteiger partial charge in [0.2, 0.25) is 0 Å². The third kappa shape index (κ3) is 8.38. The maximum Gasteiger partial charge on any atom is 0.335 e. The summed E-state index contributed by atoms with van der Waals surface area (Å²) >= 11 is 0. The number of unbranched alkanes of at least 4 members (excludes halogenated alkanes) is 3. The molecule has 0 atom stereocenters. The van der Waals surface area contributed by atoms with Crippen LogP contribution in [-0.2, 0) is 0 Å². The van der Waals surface area contributed by atoms with Crippen molar-refractivity contribution in [3.63, 3.8) is 0 Å². The molecule has 0 aliphatic heterocycles. The van der Waals surface area contributed by atoms with Crippen molar-refractivity contribution in [1.29, 1.82) is 0 Å². The van der Waals surface area contributed by atoms with Gasteiger partial charge in [-0.1, -0.05) is 70.6 Å². The van der Waals surface area contributed by atoms with E-state index in [-0.39, 0.29) is 0 Å². The van der Waals surface area contributed by atoms with Crippen molar-refractivity contribution >= 4 is 19.7 Å². The molecule has 1 saturated carbocycles. The first kappa shape index (κ1) is 23.0. The Morgan fingerprint density at radius 2 is 1.64 bits per heavy atom. The average molecular weight is 404 g/mol. The van der Waals surface area contributed by atoms with Crippen LogP contribution in [0.4, 0.5) is 5.69 Å². The minimum atomic E-state index is -0.969. The lowest BCUT2D eigenvalue weighted by atomic mass is 9.83. The maximum absolute atomic E-state index is 10.9. The van der Waals surface area contributed by atoms with Gasteiger partial charge in [-0.15, -0.1) is 0 Å². The fourth-order valence-corrected chi connectivity index (χ4v) is 7.18. The molecule has 0 spiro atoms. The minimum absolute atomic E-state index is 0.353. The lowest BCUT2D eigenvalue weighted by Gasteiger charge is -2.30. The van der Waals surface area contributed by atoms with Crippen LogP contribution in [0.3, 0.4) is 0 Å². The summed E-state index contributed by atoms with van der Waals surface area (Å²) in [6, 6.07) is 10.7. The van der Waals surface area contributed by atoms with E-state index in [0.717, 1.165) is 11.6 Å². The molecule has 28 heavy (non-hydrogen) atoms. The second kappa shape index (κ2) is 11.6. The highest BCUT2D eigenvalue weighted by Gasteiger charge is 2.23. The number of carboxylic acid groups (broad SMARTS) is 1. The van der Waals surface area contributed by atoms with Gasteiger partial charge in [0, 0.05) is 19.8 Å². The van der Waals surface area contributed by atoms with E-state index in [0.29, 0.717) is 11.6 Å². The van der Waals surface area contributed by atoms with Gasteiger partial charge in [-0.25, -0.2) is 4.79 Å². The number of anilines is 1. The molecule has 0 radical (unpaired) electrons. The summed E-state index contributed by atoms with van der Waals surface area (Å²) in [6.45, 7) is 7.48. The van der Waals surface area contributed by atoms with E-state index in [1.54, 1.807) is 12.1 Å². The molecular weight excluding hydrogens is 362 g/mol. The van der Waals surface area contributed by atoms with Gasteiger partial charge in [-0.3, -0.25) is 0 Å². The number of carbonyl (C=O) groups is 1. The van der Waals surface area contributed by atoms with E-state index in [1.807, 2.05) is 12.1 Å². The molecule has 2 rings (SSSR count). The zero-order valence-corrected chi connectivity index (χ0v) is 19.3. The van der Waals surface area contributed by atoms with Gasteiger partial charge in [-0.05, 0) is 55.9 Å². The van der Waals surface area contributed by atoms with Crippen LogP contribution in [0.5, 0.6) is 0 Å². The molecule has 4 heteroatoms. The summed E-state index contributed by atoms with van der Waals surface area (Å²) in [5.74, 6) is 0.0524. The van der Waals surface area contributed by atoms with E-state index in [4.69, 9.17) is 5.11 Å². The summed E-state index contributed by atoms with van der Waals surface area (Å²) in [6.07, 6.45) is 13.6. The van der Waals surface area contributed by atoms with E-state index in [2.05, 4.69) is 25.3 Å². The number of nitrogens with one attached hydrogen (secondary N) is 1. The minimum Gasteiger partial charge on any atom is -0.478 e. The Bertz CT molecular complexity index is 577. The van der Waals surface area contributed by atoms with Crippen LogP contribution in [-0.4, -0.2) is 25.2 Å². The van der Waals surface area contributed by atoms with E-state index in [9.17, 15) is 4.79 Å². The van der Waals surface area contributed by atoms with Crippen LogP contribution in [0.25, 0.3) is 0 Å². The SMILES string of the molecule is CCCCCC[Si](C)(C)CCCC1CCC(Nc2ccc(C(=O)O)cc2)CC1. The molecule has 1 aliphatic carbocycles. The van der Waals surface area contributed by atoms with Gasteiger partial charge < -0.3 is 10.4 Å². The molecule has 1 fully saturated rings. The molecular formula is C24H41NO2Si. The molecule has 0 saturated heterocycles. The van der Waals surface area contributed by atoms with Crippen molar-refractivity contribution in [2.75, 3.05) is 5.32 Å². The highest BCUT2D eigenvalue weighted by molar-refractivity contribution is 6.77. The molecule has 1 aliphatic rings.